The first-order chi connectivity index (χ1) is 9.76. The smallest absolute Gasteiger partial charge is 0.254 e. The Morgan fingerprint density at radius 3 is 2.80 bits per heavy atom. The molecule has 1 saturated heterocycles. The Morgan fingerprint density at radius 1 is 1.45 bits per heavy atom. The van der Waals surface area contributed by atoms with E-state index >= 15 is 0 Å². The van der Waals surface area contributed by atoms with Gasteiger partial charge in [0.2, 0.25) is 0 Å². The lowest BCUT2D eigenvalue weighted by Crippen LogP contribution is -2.38. The van der Waals surface area contributed by atoms with Gasteiger partial charge in [-0.1, -0.05) is 12.1 Å². The van der Waals surface area contributed by atoms with Crippen LogP contribution in [-0.4, -0.2) is 52.0 Å². The highest BCUT2D eigenvalue weighted by atomic mass is 16.5. The number of carbonyl (C=O) groups is 1. The zero-order chi connectivity index (χ0) is 14.4. The van der Waals surface area contributed by atoms with Crippen LogP contribution in [0.4, 0.5) is 11.4 Å². The largest absolute Gasteiger partial charge is 0.378 e. The molecule has 20 heavy (non-hydrogen) atoms. The summed E-state index contributed by atoms with van der Waals surface area (Å²) < 4.78 is 10.4. The number of anilines is 2. The maximum absolute atomic E-state index is 12.1. The number of amides is 1. The molecule has 1 atom stereocenters. The molecule has 6 heteroatoms. The van der Waals surface area contributed by atoms with E-state index in [1.54, 1.807) is 0 Å². The summed E-state index contributed by atoms with van der Waals surface area (Å²) in [5.74, 6) is -0.226. The molecule has 1 heterocycles. The van der Waals surface area contributed by atoms with Gasteiger partial charge in [-0.15, -0.1) is 0 Å². The van der Waals surface area contributed by atoms with E-state index in [0.717, 1.165) is 24.5 Å². The highest BCUT2D eigenvalue weighted by Crippen LogP contribution is 2.26. The number of ether oxygens (including phenoxy) is 2. The fraction of sp³-hybridized carbons (Fsp3) is 0.500. The molecule has 0 spiro atoms. The SMILES string of the molecule is COC(CN)C(=O)Nc1ccccc1N1CCOCC1. The van der Waals surface area contributed by atoms with Gasteiger partial charge in [0.25, 0.3) is 5.91 Å². The molecule has 1 aromatic carbocycles. The van der Waals surface area contributed by atoms with E-state index in [9.17, 15) is 4.79 Å². The third kappa shape index (κ3) is 3.47. The van der Waals surface area contributed by atoms with Gasteiger partial charge in [0, 0.05) is 26.7 Å². The summed E-state index contributed by atoms with van der Waals surface area (Å²) in [6.07, 6.45) is -0.632. The molecule has 0 radical (unpaired) electrons. The number of rotatable bonds is 5. The summed E-state index contributed by atoms with van der Waals surface area (Å²) in [4.78, 5) is 14.2. The Labute approximate surface area is 118 Å². The minimum absolute atomic E-state index is 0.155. The van der Waals surface area contributed by atoms with Crippen molar-refractivity contribution in [2.45, 2.75) is 6.10 Å². The van der Waals surface area contributed by atoms with Crippen molar-refractivity contribution in [3.63, 3.8) is 0 Å². The van der Waals surface area contributed by atoms with E-state index in [2.05, 4.69) is 10.2 Å². The number of morpholine rings is 1. The van der Waals surface area contributed by atoms with Crippen molar-refractivity contribution in [1.29, 1.82) is 0 Å². The molecule has 1 aliphatic rings. The van der Waals surface area contributed by atoms with Crippen molar-refractivity contribution in [2.75, 3.05) is 50.2 Å². The van der Waals surface area contributed by atoms with Gasteiger partial charge in [0.15, 0.2) is 0 Å². The van der Waals surface area contributed by atoms with E-state index in [1.807, 2.05) is 24.3 Å². The summed E-state index contributed by atoms with van der Waals surface area (Å²) in [5, 5.41) is 2.88. The molecule has 2 rings (SSSR count). The number of nitrogens with two attached hydrogens (primary N) is 1. The van der Waals surface area contributed by atoms with Crippen molar-refractivity contribution in [3.8, 4) is 0 Å². The van der Waals surface area contributed by atoms with Crippen molar-refractivity contribution < 1.29 is 14.3 Å². The lowest BCUT2D eigenvalue weighted by atomic mass is 10.2. The summed E-state index contributed by atoms with van der Waals surface area (Å²) >= 11 is 0. The fourth-order valence-corrected chi connectivity index (χ4v) is 2.18. The van der Waals surface area contributed by atoms with Crippen LogP contribution in [0.25, 0.3) is 0 Å². The average Bonchev–Trinajstić information content (AvgIpc) is 2.50. The Hall–Kier alpha value is -1.63. The number of para-hydroxylation sites is 2. The van der Waals surface area contributed by atoms with Crippen LogP contribution in [0.5, 0.6) is 0 Å². The molecular weight excluding hydrogens is 258 g/mol. The first-order valence-corrected chi connectivity index (χ1v) is 6.71. The van der Waals surface area contributed by atoms with Crippen LogP contribution in [0.1, 0.15) is 0 Å². The number of hydrogen-bond donors (Lipinski definition) is 2. The van der Waals surface area contributed by atoms with E-state index in [-0.39, 0.29) is 12.5 Å². The minimum atomic E-state index is -0.632. The van der Waals surface area contributed by atoms with E-state index in [4.69, 9.17) is 15.2 Å². The monoisotopic (exact) mass is 279 g/mol. The molecular formula is C14H21N3O3. The van der Waals surface area contributed by atoms with Crippen LogP contribution in [-0.2, 0) is 14.3 Å². The van der Waals surface area contributed by atoms with Gasteiger partial charge in [0.1, 0.15) is 6.10 Å². The minimum Gasteiger partial charge on any atom is -0.378 e. The zero-order valence-electron chi connectivity index (χ0n) is 11.7. The maximum Gasteiger partial charge on any atom is 0.254 e. The van der Waals surface area contributed by atoms with Crippen molar-refractivity contribution >= 4 is 17.3 Å². The number of benzene rings is 1. The molecule has 0 saturated carbocycles. The van der Waals surface area contributed by atoms with Crippen LogP contribution in [0.3, 0.4) is 0 Å². The van der Waals surface area contributed by atoms with E-state index < -0.39 is 6.10 Å². The molecule has 0 aromatic heterocycles. The predicted octanol–water partition coefficient (Wildman–Crippen LogP) is 0.435. The van der Waals surface area contributed by atoms with Gasteiger partial charge in [-0.3, -0.25) is 4.79 Å². The van der Waals surface area contributed by atoms with Gasteiger partial charge in [-0.2, -0.15) is 0 Å². The molecule has 1 amide bonds. The van der Waals surface area contributed by atoms with Crippen LogP contribution in [0, 0.1) is 0 Å². The number of methoxy groups -OCH3 is 1. The standard InChI is InChI=1S/C14H21N3O3/c1-19-13(10-15)14(18)16-11-4-2-3-5-12(11)17-6-8-20-9-7-17/h2-5,13H,6-10,15H2,1H3,(H,16,18). The highest BCUT2D eigenvalue weighted by Gasteiger charge is 2.19. The summed E-state index contributed by atoms with van der Waals surface area (Å²) in [5.41, 5.74) is 7.28. The maximum atomic E-state index is 12.1. The normalized spacial score (nSPS) is 16.8. The molecule has 0 aliphatic carbocycles. The average molecular weight is 279 g/mol. The van der Waals surface area contributed by atoms with Gasteiger partial charge >= 0.3 is 0 Å². The van der Waals surface area contributed by atoms with Crippen molar-refractivity contribution in [3.05, 3.63) is 24.3 Å². The Balaban J connectivity index is 2.13. The number of hydrogen-bond acceptors (Lipinski definition) is 5. The van der Waals surface area contributed by atoms with Crippen LogP contribution >= 0.6 is 0 Å². The Kier molecular flexibility index (Phi) is 5.34. The Morgan fingerprint density at radius 2 is 2.15 bits per heavy atom. The van der Waals surface area contributed by atoms with Crippen LogP contribution < -0.4 is 16.0 Å². The topological polar surface area (TPSA) is 76.8 Å². The van der Waals surface area contributed by atoms with Gasteiger partial charge in [-0.05, 0) is 12.1 Å². The first kappa shape index (κ1) is 14.8. The molecule has 6 nitrogen and oxygen atoms in total. The van der Waals surface area contributed by atoms with Gasteiger partial charge in [0.05, 0.1) is 24.6 Å². The van der Waals surface area contributed by atoms with Crippen LogP contribution in [0.2, 0.25) is 0 Å². The Bertz CT molecular complexity index is 443. The molecule has 3 N–H and O–H groups in total. The van der Waals surface area contributed by atoms with Crippen molar-refractivity contribution in [2.24, 2.45) is 5.73 Å². The molecule has 1 aromatic rings. The van der Waals surface area contributed by atoms with Gasteiger partial charge < -0.3 is 25.4 Å². The summed E-state index contributed by atoms with van der Waals surface area (Å²) in [7, 11) is 1.48. The second-order valence-corrected chi connectivity index (χ2v) is 4.57. The lowest BCUT2D eigenvalue weighted by molar-refractivity contribution is -0.125. The molecule has 110 valence electrons. The molecule has 1 fully saturated rings. The van der Waals surface area contributed by atoms with Crippen molar-refractivity contribution in [1.82, 2.24) is 0 Å². The zero-order valence-corrected chi connectivity index (χ0v) is 11.7. The molecule has 0 bridgehead atoms. The van der Waals surface area contributed by atoms with E-state index in [1.165, 1.54) is 7.11 Å². The summed E-state index contributed by atoms with van der Waals surface area (Å²) in [6, 6.07) is 7.72. The second kappa shape index (κ2) is 7.23. The predicted molar refractivity (Wildman–Crippen MR) is 78.0 cm³/mol. The molecule has 1 unspecified atom stereocenters. The quantitative estimate of drug-likeness (QED) is 0.817. The third-order valence-electron chi connectivity index (χ3n) is 3.30. The fourth-order valence-electron chi connectivity index (χ4n) is 2.18. The molecule has 1 aliphatic heterocycles. The second-order valence-electron chi connectivity index (χ2n) is 4.57. The highest BCUT2D eigenvalue weighted by molar-refractivity contribution is 5.97. The number of nitrogens with one attached hydrogen (secondary N) is 1. The number of carbonyl (C=O) groups excluding carboxylic acids is 1. The third-order valence-corrected chi connectivity index (χ3v) is 3.30. The summed E-state index contributed by atoms with van der Waals surface area (Å²) in [6.45, 7) is 3.19. The van der Waals surface area contributed by atoms with Crippen LogP contribution in [0.15, 0.2) is 24.3 Å². The number of nitrogens with zero attached hydrogens (tertiary/aromatic N) is 1. The first-order valence-electron chi connectivity index (χ1n) is 6.71. The van der Waals surface area contributed by atoms with Gasteiger partial charge in [-0.25, -0.2) is 0 Å². The van der Waals surface area contributed by atoms with E-state index in [0.29, 0.717) is 13.2 Å². The lowest BCUT2D eigenvalue weighted by Gasteiger charge is -2.30.